The Morgan fingerprint density at radius 2 is 1.89 bits per heavy atom. The molecule has 27 heavy (non-hydrogen) atoms. The monoisotopic (exact) mass is 372 g/mol. The molecule has 1 aliphatic rings. The van der Waals surface area contributed by atoms with Crippen molar-refractivity contribution in [2.45, 2.75) is 52.1 Å². The largest absolute Gasteiger partial charge is 0.444 e. The third kappa shape index (κ3) is 5.45. The van der Waals surface area contributed by atoms with Crippen molar-refractivity contribution in [3.05, 3.63) is 24.3 Å². The van der Waals surface area contributed by atoms with Crippen LogP contribution in [0.3, 0.4) is 0 Å². The number of benzene rings is 1. The van der Waals surface area contributed by atoms with Gasteiger partial charge in [0, 0.05) is 12.5 Å². The van der Waals surface area contributed by atoms with Crippen LogP contribution in [0.2, 0.25) is 0 Å². The Labute approximate surface area is 159 Å². The van der Waals surface area contributed by atoms with Gasteiger partial charge in [-0.15, -0.1) is 0 Å². The van der Waals surface area contributed by atoms with E-state index in [2.05, 4.69) is 20.6 Å². The summed E-state index contributed by atoms with van der Waals surface area (Å²) in [6, 6.07) is 7.69. The van der Waals surface area contributed by atoms with E-state index < -0.39 is 5.60 Å². The first-order valence-electron chi connectivity index (χ1n) is 9.52. The number of rotatable bonds is 4. The fraction of sp³-hybridized carbons (Fsp3) is 0.550. The number of hydrogen-bond donors (Lipinski definition) is 3. The molecular formula is C20H28N4O3. The highest BCUT2D eigenvalue weighted by Crippen LogP contribution is 2.29. The summed E-state index contributed by atoms with van der Waals surface area (Å²) in [6.07, 6.45) is 3.06. The van der Waals surface area contributed by atoms with Crippen LogP contribution in [0, 0.1) is 11.8 Å². The Balaban J connectivity index is 1.43. The summed E-state index contributed by atoms with van der Waals surface area (Å²) in [7, 11) is 0. The molecule has 1 saturated carbocycles. The second kappa shape index (κ2) is 7.98. The highest BCUT2D eigenvalue weighted by Gasteiger charge is 2.27. The number of carbonyl (C=O) groups is 2. The summed E-state index contributed by atoms with van der Waals surface area (Å²) in [5, 5.41) is 5.73. The number of ether oxygens (including phenoxy) is 1. The molecule has 1 aromatic carbocycles. The molecule has 0 aliphatic heterocycles. The summed E-state index contributed by atoms with van der Waals surface area (Å²) in [4.78, 5) is 31.8. The maximum Gasteiger partial charge on any atom is 0.407 e. The van der Waals surface area contributed by atoms with Crippen LogP contribution in [0.25, 0.3) is 11.0 Å². The maximum atomic E-state index is 12.5. The lowest BCUT2D eigenvalue weighted by Gasteiger charge is -2.28. The number of H-pyrrole nitrogens is 1. The van der Waals surface area contributed by atoms with Gasteiger partial charge in [0.1, 0.15) is 5.60 Å². The van der Waals surface area contributed by atoms with E-state index >= 15 is 0 Å². The SMILES string of the molecule is CC(C)(C)OC(=O)NCC1CCC(C(=O)Nc2nc3ccccc3[nH]2)CC1. The lowest BCUT2D eigenvalue weighted by Crippen LogP contribution is -2.37. The Morgan fingerprint density at radius 3 is 2.56 bits per heavy atom. The highest BCUT2D eigenvalue weighted by molar-refractivity contribution is 5.92. The van der Waals surface area contributed by atoms with Crippen molar-refractivity contribution < 1.29 is 14.3 Å². The predicted octanol–water partition coefficient (Wildman–Crippen LogP) is 3.83. The average Bonchev–Trinajstić information content (AvgIpc) is 3.01. The molecule has 1 aliphatic carbocycles. The van der Waals surface area contributed by atoms with Gasteiger partial charge in [-0.3, -0.25) is 10.1 Å². The van der Waals surface area contributed by atoms with Crippen LogP contribution >= 0.6 is 0 Å². The van der Waals surface area contributed by atoms with Crippen molar-refractivity contribution in [2.75, 3.05) is 11.9 Å². The molecular weight excluding hydrogens is 344 g/mol. The Morgan fingerprint density at radius 1 is 1.19 bits per heavy atom. The number of nitrogens with one attached hydrogen (secondary N) is 3. The zero-order valence-electron chi connectivity index (χ0n) is 16.2. The number of alkyl carbamates (subject to hydrolysis) is 1. The van der Waals surface area contributed by atoms with Gasteiger partial charge in [-0.2, -0.15) is 0 Å². The zero-order chi connectivity index (χ0) is 19.4. The molecule has 1 fully saturated rings. The molecule has 3 N–H and O–H groups in total. The van der Waals surface area contributed by atoms with E-state index in [0.717, 1.165) is 36.7 Å². The lowest BCUT2D eigenvalue weighted by molar-refractivity contribution is -0.121. The van der Waals surface area contributed by atoms with E-state index in [9.17, 15) is 9.59 Å². The van der Waals surface area contributed by atoms with E-state index in [0.29, 0.717) is 18.4 Å². The van der Waals surface area contributed by atoms with Crippen molar-refractivity contribution in [1.29, 1.82) is 0 Å². The molecule has 146 valence electrons. The van der Waals surface area contributed by atoms with Gasteiger partial charge in [-0.1, -0.05) is 12.1 Å². The summed E-state index contributed by atoms with van der Waals surface area (Å²) < 4.78 is 5.25. The van der Waals surface area contributed by atoms with Gasteiger partial charge in [-0.25, -0.2) is 9.78 Å². The molecule has 0 bridgehead atoms. The fourth-order valence-electron chi connectivity index (χ4n) is 3.40. The number of hydrogen-bond acceptors (Lipinski definition) is 4. The van der Waals surface area contributed by atoms with Crippen molar-refractivity contribution in [1.82, 2.24) is 15.3 Å². The number of aromatic nitrogens is 2. The van der Waals surface area contributed by atoms with Crippen molar-refractivity contribution in [3.8, 4) is 0 Å². The van der Waals surface area contributed by atoms with E-state index in [-0.39, 0.29) is 17.9 Å². The minimum atomic E-state index is -0.490. The van der Waals surface area contributed by atoms with E-state index in [4.69, 9.17) is 4.74 Å². The second-order valence-electron chi connectivity index (χ2n) is 8.19. The molecule has 1 aromatic heterocycles. The standard InChI is InChI=1S/C20H28N4O3/c1-20(2,3)27-19(26)21-12-13-8-10-14(11-9-13)17(25)24-18-22-15-6-4-5-7-16(15)23-18/h4-7,13-14H,8-12H2,1-3H3,(H,21,26)(H2,22,23,24,25). The number of anilines is 1. The number of amides is 2. The number of aromatic amines is 1. The van der Waals surface area contributed by atoms with Crippen molar-refractivity contribution in [3.63, 3.8) is 0 Å². The predicted molar refractivity (Wildman–Crippen MR) is 104 cm³/mol. The summed E-state index contributed by atoms with van der Waals surface area (Å²) in [5.41, 5.74) is 1.26. The Kier molecular flexibility index (Phi) is 5.68. The minimum absolute atomic E-state index is 0.00704. The number of para-hydroxylation sites is 2. The topological polar surface area (TPSA) is 96.1 Å². The van der Waals surface area contributed by atoms with E-state index in [1.165, 1.54) is 0 Å². The number of nitrogens with zero attached hydrogens (tertiary/aromatic N) is 1. The summed E-state index contributed by atoms with van der Waals surface area (Å²) >= 11 is 0. The van der Waals surface area contributed by atoms with E-state index in [1.54, 1.807) is 0 Å². The lowest BCUT2D eigenvalue weighted by atomic mass is 9.81. The molecule has 2 aromatic rings. The summed E-state index contributed by atoms with van der Waals surface area (Å²) in [6.45, 7) is 6.13. The first-order valence-corrected chi connectivity index (χ1v) is 9.52. The van der Waals surface area contributed by atoms with E-state index in [1.807, 2.05) is 45.0 Å². The molecule has 7 nitrogen and oxygen atoms in total. The second-order valence-corrected chi connectivity index (χ2v) is 8.19. The van der Waals surface area contributed by atoms with Crippen LogP contribution in [-0.4, -0.2) is 34.1 Å². The van der Waals surface area contributed by atoms with Crippen LogP contribution < -0.4 is 10.6 Å². The Hall–Kier alpha value is -2.57. The van der Waals surface area contributed by atoms with Gasteiger partial charge in [0.25, 0.3) is 0 Å². The first-order chi connectivity index (χ1) is 12.8. The zero-order valence-corrected chi connectivity index (χ0v) is 16.2. The number of fused-ring (bicyclic) bond motifs is 1. The normalized spacial score (nSPS) is 20.3. The van der Waals surface area contributed by atoms with Gasteiger partial charge in [-0.05, 0) is 64.5 Å². The fourth-order valence-corrected chi connectivity index (χ4v) is 3.40. The molecule has 7 heteroatoms. The molecule has 0 unspecified atom stereocenters. The number of carbonyl (C=O) groups excluding carboxylic acids is 2. The Bertz CT molecular complexity index is 768. The van der Waals surface area contributed by atoms with Crippen LogP contribution in [-0.2, 0) is 9.53 Å². The van der Waals surface area contributed by atoms with Crippen molar-refractivity contribution >= 4 is 29.0 Å². The summed E-state index contributed by atoms with van der Waals surface area (Å²) in [5.74, 6) is 0.867. The smallest absolute Gasteiger partial charge is 0.407 e. The molecule has 2 amide bonds. The van der Waals surface area contributed by atoms with Crippen LogP contribution in [0.4, 0.5) is 10.7 Å². The minimum Gasteiger partial charge on any atom is -0.444 e. The highest BCUT2D eigenvalue weighted by atomic mass is 16.6. The molecule has 0 atom stereocenters. The van der Waals surface area contributed by atoms with Crippen molar-refractivity contribution in [2.24, 2.45) is 11.8 Å². The average molecular weight is 372 g/mol. The first kappa shape index (κ1) is 19.2. The molecule has 0 spiro atoms. The third-order valence-electron chi connectivity index (χ3n) is 4.78. The van der Waals surface area contributed by atoms with Gasteiger partial charge in [0.15, 0.2) is 0 Å². The quantitative estimate of drug-likeness (QED) is 0.760. The maximum absolute atomic E-state index is 12.5. The molecule has 0 radical (unpaired) electrons. The van der Waals surface area contributed by atoms with Crippen LogP contribution in [0.5, 0.6) is 0 Å². The van der Waals surface area contributed by atoms with Gasteiger partial charge < -0.3 is 15.0 Å². The molecule has 1 heterocycles. The molecule has 3 rings (SSSR count). The molecule has 0 saturated heterocycles. The van der Waals surface area contributed by atoms with Crippen LogP contribution in [0.1, 0.15) is 46.5 Å². The number of imidazole rings is 1. The van der Waals surface area contributed by atoms with Gasteiger partial charge in [0.05, 0.1) is 11.0 Å². The third-order valence-corrected chi connectivity index (χ3v) is 4.78. The van der Waals surface area contributed by atoms with Gasteiger partial charge >= 0.3 is 6.09 Å². The van der Waals surface area contributed by atoms with Crippen LogP contribution in [0.15, 0.2) is 24.3 Å². The van der Waals surface area contributed by atoms with Gasteiger partial charge in [0.2, 0.25) is 11.9 Å².